The van der Waals surface area contributed by atoms with Crippen LogP contribution in [0.15, 0.2) is 23.8 Å². The van der Waals surface area contributed by atoms with Crippen molar-refractivity contribution in [2.45, 2.75) is 37.8 Å². The molecule has 4 N–H and O–H groups in total. The maximum absolute atomic E-state index is 11.5. The van der Waals surface area contributed by atoms with Crippen LogP contribution in [0, 0.1) is 0 Å². The van der Waals surface area contributed by atoms with Gasteiger partial charge in [-0.15, -0.1) is 0 Å². The van der Waals surface area contributed by atoms with Crippen LogP contribution in [-0.4, -0.2) is 50.1 Å². The Labute approximate surface area is 93.3 Å². The maximum Gasteiger partial charge on any atom is 0.193 e. The number of carbonyl (C=O) groups is 1. The first kappa shape index (κ1) is 13.1. The molecule has 0 aromatic rings. The highest BCUT2D eigenvalue weighted by molar-refractivity contribution is 6.02. The van der Waals surface area contributed by atoms with Gasteiger partial charge in [0.15, 0.2) is 5.78 Å². The van der Waals surface area contributed by atoms with Crippen molar-refractivity contribution in [2.75, 3.05) is 0 Å². The Morgan fingerprint density at radius 2 is 1.88 bits per heavy atom. The van der Waals surface area contributed by atoms with E-state index in [2.05, 4.69) is 0 Å². The Kier molecular flexibility index (Phi) is 3.64. The van der Waals surface area contributed by atoms with Crippen LogP contribution in [0.3, 0.4) is 0 Å². The number of ketones is 1. The third-order valence-electron chi connectivity index (χ3n) is 2.25. The Morgan fingerprint density at radius 3 is 2.38 bits per heavy atom. The lowest BCUT2D eigenvalue weighted by Crippen LogP contribution is -2.45. The van der Waals surface area contributed by atoms with Crippen LogP contribution in [0.2, 0.25) is 0 Å². The number of aliphatic hydroxyl groups excluding tert-OH is 3. The molecule has 0 bridgehead atoms. The molecule has 5 nitrogen and oxygen atoms in total. The molecule has 0 spiro atoms. The zero-order valence-corrected chi connectivity index (χ0v) is 9.16. The molecular formula is C11H16O5. The van der Waals surface area contributed by atoms with Crippen LogP contribution in [0.1, 0.15) is 13.8 Å². The van der Waals surface area contributed by atoms with E-state index in [0.29, 0.717) is 0 Å². The highest BCUT2D eigenvalue weighted by Gasteiger charge is 2.35. The monoisotopic (exact) mass is 228 g/mol. The minimum atomic E-state index is -1.62. The molecule has 0 aromatic carbocycles. The van der Waals surface area contributed by atoms with Crippen molar-refractivity contribution in [3.05, 3.63) is 23.8 Å². The van der Waals surface area contributed by atoms with E-state index in [1.165, 1.54) is 26.0 Å². The highest BCUT2D eigenvalue weighted by atomic mass is 16.4. The summed E-state index contributed by atoms with van der Waals surface area (Å²) < 4.78 is 0. The number of allylic oxidation sites excluding steroid dienone is 1. The molecular weight excluding hydrogens is 212 g/mol. The van der Waals surface area contributed by atoms with Crippen LogP contribution in [0.4, 0.5) is 0 Å². The quantitative estimate of drug-likeness (QED) is 0.481. The Balaban J connectivity index is 2.93. The Hall–Kier alpha value is -1.01. The van der Waals surface area contributed by atoms with E-state index in [9.17, 15) is 25.2 Å². The second-order valence-corrected chi connectivity index (χ2v) is 4.40. The Bertz CT molecular complexity index is 337. The molecule has 0 aromatic heterocycles. The van der Waals surface area contributed by atoms with E-state index in [-0.39, 0.29) is 5.57 Å². The average molecular weight is 228 g/mol. The van der Waals surface area contributed by atoms with Gasteiger partial charge in [0.1, 0.15) is 18.3 Å². The summed E-state index contributed by atoms with van der Waals surface area (Å²) in [5.41, 5.74) is -1.01. The molecule has 0 unspecified atom stereocenters. The molecule has 0 aliphatic heterocycles. The van der Waals surface area contributed by atoms with Crippen molar-refractivity contribution in [3.63, 3.8) is 0 Å². The summed E-state index contributed by atoms with van der Waals surface area (Å²) in [6, 6.07) is 0. The molecule has 1 aliphatic rings. The fourth-order valence-corrected chi connectivity index (χ4v) is 1.31. The predicted octanol–water partition coefficient (Wildman–Crippen LogP) is -1.09. The average Bonchev–Trinajstić information content (AvgIpc) is 2.17. The molecule has 0 radical (unpaired) electrons. The first-order chi connectivity index (χ1) is 7.22. The van der Waals surface area contributed by atoms with E-state index in [1.807, 2.05) is 0 Å². The second kappa shape index (κ2) is 4.47. The molecule has 3 atom stereocenters. The van der Waals surface area contributed by atoms with Gasteiger partial charge in [0, 0.05) is 5.57 Å². The summed E-state index contributed by atoms with van der Waals surface area (Å²) in [6.07, 6.45) is -0.557. The molecule has 0 fully saturated rings. The molecule has 0 saturated heterocycles. The van der Waals surface area contributed by atoms with E-state index < -0.39 is 29.7 Å². The molecule has 90 valence electrons. The number of hydrogen-bond donors (Lipinski definition) is 4. The van der Waals surface area contributed by atoms with E-state index in [0.717, 1.165) is 6.08 Å². The van der Waals surface area contributed by atoms with Gasteiger partial charge in [0.2, 0.25) is 0 Å². The van der Waals surface area contributed by atoms with Crippen LogP contribution in [-0.2, 0) is 4.79 Å². The lowest BCUT2D eigenvalue weighted by atomic mass is 9.90. The fraction of sp³-hybridized carbons (Fsp3) is 0.545. The van der Waals surface area contributed by atoms with Gasteiger partial charge >= 0.3 is 0 Å². The molecule has 0 amide bonds. The molecule has 0 saturated carbocycles. The van der Waals surface area contributed by atoms with Gasteiger partial charge in [-0.3, -0.25) is 4.79 Å². The van der Waals surface area contributed by atoms with Gasteiger partial charge in [-0.25, -0.2) is 0 Å². The van der Waals surface area contributed by atoms with Crippen molar-refractivity contribution in [3.8, 4) is 0 Å². The summed E-state index contributed by atoms with van der Waals surface area (Å²) in [4.78, 5) is 11.5. The van der Waals surface area contributed by atoms with Crippen molar-refractivity contribution in [2.24, 2.45) is 0 Å². The van der Waals surface area contributed by atoms with E-state index in [4.69, 9.17) is 0 Å². The summed E-state index contributed by atoms with van der Waals surface area (Å²) in [5.74, 6) is -0.668. The second-order valence-electron chi connectivity index (χ2n) is 4.40. The standard InChI is InChI=1S/C11H16O5/c1-11(2,16)4-3-6-5-7(12)9(14)10(15)8(6)13/h3-5,7,9-10,12,14-16H,1-2H3/t7-,9+,10+/m1/s1. The van der Waals surface area contributed by atoms with Gasteiger partial charge in [-0.05, 0) is 19.9 Å². The van der Waals surface area contributed by atoms with Crippen molar-refractivity contribution >= 4 is 5.78 Å². The van der Waals surface area contributed by atoms with E-state index >= 15 is 0 Å². The SMILES string of the molecule is CC(C)(O)C=CC1=C[C@@H](O)[C@H](O)[C@@H](O)C1=O. The van der Waals surface area contributed by atoms with Gasteiger partial charge in [0.05, 0.1) is 5.60 Å². The van der Waals surface area contributed by atoms with Gasteiger partial charge in [-0.2, -0.15) is 0 Å². The van der Waals surface area contributed by atoms with Gasteiger partial charge in [-0.1, -0.05) is 12.2 Å². The van der Waals surface area contributed by atoms with E-state index in [1.54, 1.807) is 0 Å². The van der Waals surface area contributed by atoms with Crippen molar-refractivity contribution in [1.29, 1.82) is 0 Å². The molecule has 0 heterocycles. The summed E-state index contributed by atoms with van der Waals surface area (Å²) in [5, 5.41) is 37.3. The third kappa shape index (κ3) is 2.99. The molecule has 16 heavy (non-hydrogen) atoms. The largest absolute Gasteiger partial charge is 0.387 e. The third-order valence-corrected chi connectivity index (χ3v) is 2.25. The molecule has 5 heteroatoms. The molecule has 1 rings (SSSR count). The zero-order valence-electron chi connectivity index (χ0n) is 9.16. The predicted molar refractivity (Wildman–Crippen MR) is 56.5 cm³/mol. The number of rotatable bonds is 2. The van der Waals surface area contributed by atoms with Crippen molar-refractivity contribution in [1.82, 2.24) is 0 Å². The minimum absolute atomic E-state index is 0.0763. The van der Waals surface area contributed by atoms with Gasteiger partial charge < -0.3 is 20.4 Å². The number of Topliss-reactive ketones (excluding diaryl/α,β-unsaturated/α-hetero) is 1. The lowest BCUT2D eigenvalue weighted by Gasteiger charge is -2.25. The number of aliphatic hydroxyl groups is 4. The van der Waals surface area contributed by atoms with Crippen LogP contribution in [0.5, 0.6) is 0 Å². The topological polar surface area (TPSA) is 98.0 Å². The van der Waals surface area contributed by atoms with Crippen LogP contribution >= 0.6 is 0 Å². The van der Waals surface area contributed by atoms with Crippen molar-refractivity contribution < 1.29 is 25.2 Å². The zero-order chi connectivity index (χ0) is 12.5. The highest BCUT2D eigenvalue weighted by Crippen LogP contribution is 2.18. The van der Waals surface area contributed by atoms with Crippen LogP contribution in [0.25, 0.3) is 0 Å². The van der Waals surface area contributed by atoms with Gasteiger partial charge in [0.25, 0.3) is 0 Å². The summed E-state index contributed by atoms with van der Waals surface area (Å²) in [7, 11) is 0. The smallest absolute Gasteiger partial charge is 0.193 e. The maximum atomic E-state index is 11.5. The minimum Gasteiger partial charge on any atom is -0.387 e. The van der Waals surface area contributed by atoms with Crippen LogP contribution < -0.4 is 0 Å². The lowest BCUT2D eigenvalue weighted by molar-refractivity contribution is -0.134. The summed E-state index contributed by atoms with van der Waals surface area (Å²) >= 11 is 0. The molecule has 1 aliphatic carbocycles. The summed E-state index contributed by atoms with van der Waals surface area (Å²) in [6.45, 7) is 3.05. The normalized spacial score (nSPS) is 32.0. The first-order valence-electron chi connectivity index (χ1n) is 4.94. The first-order valence-corrected chi connectivity index (χ1v) is 4.94. The number of hydrogen-bond acceptors (Lipinski definition) is 5. The number of carbonyl (C=O) groups excluding carboxylic acids is 1. The Morgan fingerprint density at radius 1 is 1.31 bits per heavy atom. The fourth-order valence-electron chi connectivity index (χ4n) is 1.31.